The Labute approximate surface area is 108 Å². The molecule has 4 heteroatoms. The monoisotopic (exact) mass is 258 g/mol. The smallest absolute Gasteiger partial charge is 0.152 e. The van der Waals surface area contributed by atoms with Crippen molar-refractivity contribution in [3.05, 3.63) is 54.2 Å². The van der Waals surface area contributed by atoms with Crippen molar-refractivity contribution in [2.24, 2.45) is 0 Å². The van der Waals surface area contributed by atoms with E-state index in [-0.39, 0.29) is 0 Å². The summed E-state index contributed by atoms with van der Waals surface area (Å²) in [6, 6.07) is 14.4. The number of aromatic nitrogens is 2. The Balaban J connectivity index is 1.77. The first-order valence-electron chi connectivity index (χ1n) is 5.30. The van der Waals surface area contributed by atoms with E-state index >= 15 is 0 Å². The number of pyridine rings is 1. The molecule has 3 rings (SSSR count). The largest absolute Gasteiger partial charge is 0.244 e. The molecule has 1 aromatic carbocycles. The maximum absolute atomic E-state index is 4.55. The van der Waals surface area contributed by atoms with E-state index in [0.717, 1.165) is 20.4 Å². The lowest BCUT2D eigenvalue weighted by molar-refractivity contribution is 1.28. The highest BCUT2D eigenvalue weighted by Gasteiger charge is 2.04. The van der Waals surface area contributed by atoms with E-state index in [4.69, 9.17) is 0 Å². The lowest BCUT2D eigenvalue weighted by Crippen LogP contribution is -1.78. The summed E-state index contributed by atoms with van der Waals surface area (Å²) in [5, 5.41) is 0. The van der Waals surface area contributed by atoms with Crippen molar-refractivity contribution in [2.75, 3.05) is 0 Å². The second kappa shape index (κ2) is 4.85. The Morgan fingerprint density at radius 3 is 2.76 bits per heavy atom. The fourth-order valence-electron chi connectivity index (χ4n) is 1.53. The van der Waals surface area contributed by atoms with Crippen LogP contribution in [-0.4, -0.2) is 9.97 Å². The van der Waals surface area contributed by atoms with Crippen LogP contribution in [0.15, 0.2) is 53.0 Å². The number of fused-ring (bicyclic) bond motifs is 1. The Morgan fingerprint density at radius 2 is 1.94 bits per heavy atom. The van der Waals surface area contributed by atoms with Crippen LogP contribution in [0.2, 0.25) is 0 Å². The second-order valence-corrected chi connectivity index (χ2v) is 5.78. The van der Waals surface area contributed by atoms with E-state index in [1.807, 2.05) is 24.4 Å². The van der Waals surface area contributed by atoms with Crippen molar-refractivity contribution in [3.8, 4) is 0 Å². The molecule has 0 aliphatic carbocycles. The van der Waals surface area contributed by atoms with Gasteiger partial charge in [0, 0.05) is 11.9 Å². The van der Waals surface area contributed by atoms with Gasteiger partial charge in [0.2, 0.25) is 0 Å². The number of rotatable bonds is 3. The summed E-state index contributed by atoms with van der Waals surface area (Å²) < 4.78 is 1.09. The van der Waals surface area contributed by atoms with Gasteiger partial charge in [-0.3, -0.25) is 0 Å². The fourth-order valence-corrected chi connectivity index (χ4v) is 3.47. The summed E-state index contributed by atoms with van der Waals surface area (Å²) in [4.78, 5) is 9.86. The number of thiazole rings is 1. The highest BCUT2D eigenvalue weighted by atomic mass is 32.2. The third kappa shape index (κ3) is 2.48. The van der Waals surface area contributed by atoms with E-state index in [0.29, 0.717) is 0 Å². The second-order valence-electron chi connectivity index (χ2n) is 3.58. The van der Waals surface area contributed by atoms with Gasteiger partial charge in [0.05, 0.1) is 0 Å². The Morgan fingerprint density at radius 1 is 1.06 bits per heavy atom. The Kier molecular flexibility index (Phi) is 3.07. The number of hydrogen-bond acceptors (Lipinski definition) is 4. The zero-order valence-electron chi connectivity index (χ0n) is 9.04. The molecule has 0 aliphatic rings. The lowest BCUT2D eigenvalue weighted by atomic mass is 10.2. The fraction of sp³-hybridized carbons (Fsp3) is 0.0769. The molecule has 0 spiro atoms. The van der Waals surface area contributed by atoms with Gasteiger partial charge in [-0.15, -0.1) is 0 Å². The molecular formula is C13H10N2S2. The van der Waals surface area contributed by atoms with E-state index < -0.39 is 0 Å². The van der Waals surface area contributed by atoms with Crippen molar-refractivity contribution in [1.82, 2.24) is 9.97 Å². The molecule has 17 heavy (non-hydrogen) atoms. The van der Waals surface area contributed by atoms with E-state index in [2.05, 4.69) is 34.2 Å². The molecule has 2 aromatic heterocycles. The van der Waals surface area contributed by atoms with Gasteiger partial charge < -0.3 is 0 Å². The maximum atomic E-state index is 4.55. The van der Waals surface area contributed by atoms with Gasteiger partial charge in [0.25, 0.3) is 0 Å². The van der Waals surface area contributed by atoms with E-state index in [1.165, 1.54) is 5.56 Å². The number of nitrogens with zero attached hydrogens (tertiary/aromatic N) is 2. The van der Waals surface area contributed by atoms with Crippen LogP contribution in [0.3, 0.4) is 0 Å². The molecule has 2 nitrogen and oxygen atoms in total. The quantitative estimate of drug-likeness (QED) is 0.664. The number of hydrogen-bond donors (Lipinski definition) is 0. The first-order chi connectivity index (χ1) is 8.42. The summed E-state index contributed by atoms with van der Waals surface area (Å²) in [5.41, 5.74) is 2.32. The van der Waals surface area contributed by atoms with Crippen molar-refractivity contribution in [3.63, 3.8) is 0 Å². The van der Waals surface area contributed by atoms with Crippen LogP contribution in [-0.2, 0) is 5.75 Å². The topological polar surface area (TPSA) is 25.8 Å². The zero-order valence-corrected chi connectivity index (χ0v) is 10.7. The minimum absolute atomic E-state index is 0.959. The first kappa shape index (κ1) is 10.7. The van der Waals surface area contributed by atoms with Crippen LogP contribution in [0.4, 0.5) is 0 Å². The summed E-state index contributed by atoms with van der Waals surface area (Å²) in [7, 11) is 0. The molecule has 0 radical (unpaired) electrons. The molecule has 2 heterocycles. The molecule has 0 aliphatic heterocycles. The maximum Gasteiger partial charge on any atom is 0.152 e. The molecule has 0 bridgehead atoms. The van der Waals surface area contributed by atoms with Gasteiger partial charge in [-0.2, -0.15) is 0 Å². The predicted octanol–water partition coefficient (Wildman–Crippen LogP) is 3.98. The third-order valence-corrected chi connectivity index (χ3v) is 4.55. The van der Waals surface area contributed by atoms with Gasteiger partial charge in [0.1, 0.15) is 10.3 Å². The predicted molar refractivity (Wildman–Crippen MR) is 73.4 cm³/mol. The van der Waals surface area contributed by atoms with Gasteiger partial charge in [-0.25, -0.2) is 9.97 Å². The van der Waals surface area contributed by atoms with Crippen molar-refractivity contribution >= 4 is 33.4 Å². The van der Waals surface area contributed by atoms with Gasteiger partial charge in [-0.1, -0.05) is 53.4 Å². The number of thioether (sulfide) groups is 1. The van der Waals surface area contributed by atoms with Crippen LogP contribution in [0.5, 0.6) is 0 Å². The van der Waals surface area contributed by atoms with Gasteiger partial charge >= 0.3 is 0 Å². The highest BCUT2D eigenvalue weighted by Crippen LogP contribution is 2.29. The van der Waals surface area contributed by atoms with E-state index in [1.54, 1.807) is 23.1 Å². The van der Waals surface area contributed by atoms with Crippen LogP contribution >= 0.6 is 23.1 Å². The molecule has 0 saturated carbocycles. The average molecular weight is 258 g/mol. The normalized spacial score (nSPS) is 10.8. The van der Waals surface area contributed by atoms with Crippen LogP contribution in [0, 0.1) is 0 Å². The van der Waals surface area contributed by atoms with Gasteiger partial charge in [-0.05, 0) is 17.7 Å². The standard InChI is InChI=1S/C13H10N2S2/c1-2-5-10(6-3-1)9-16-13-15-11-7-4-8-14-12(11)17-13/h1-8H,9H2. The third-order valence-electron chi connectivity index (χ3n) is 2.35. The molecule has 0 unspecified atom stereocenters. The van der Waals surface area contributed by atoms with Crippen molar-refractivity contribution < 1.29 is 0 Å². The SMILES string of the molecule is c1ccc(CSc2nc3cccnc3s2)cc1. The minimum atomic E-state index is 0.959. The zero-order chi connectivity index (χ0) is 11.5. The molecule has 84 valence electrons. The first-order valence-corrected chi connectivity index (χ1v) is 7.10. The molecule has 0 amide bonds. The van der Waals surface area contributed by atoms with Crippen molar-refractivity contribution in [2.45, 2.75) is 10.1 Å². The highest BCUT2D eigenvalue weighted by molar-refractivity contribution is 8.00. The molecule has 0 N–H and O–H groups in total. The molecule has 0 atom stereocenters. The summed E-state index contributed by atoms with van der Waals surface area (Å²) in [6.07, 6.45) is 1.81. The summed E-state index contributed by atoms with van der Waals surface area (Å²) in [5.74, 6) is 0.959. The summed E-state index contributed by atoms with van der Waals surface area (Å²) in [6.45, 7) is 0. The van der Waals surface area contributed by atoms with Crippen LogP contribution in [0.25, 0.3) is 10.3 Å². The lowest BCUT2D eigenvalue weighted by Gasteiger charge is -1.96. The Hall–Kier alpha value is -1.39. The summed E-state index contributed by atoms with van der Waals surface area (Å²) >= 11 is 3.42. The minimum Gasteiger partial charge on any atom is -0.244 e. The van der Waals surface area contributed by atoms with E-state index in [9.17, 15) is 0 Å². The number of benzene rings is 1. The molecule has 0 saturated heterocycles. The van der Waals surface area contributed by atoms with Crippen molar-refractivity contribution in [1.29, 1.82) is 0 Å². The van der Waals surface area contributed by atoms with Gasteiger partial charge in [0.15, 0.2) is 4.34 Å². The molecule has 0 fully saturated rings. The average Bonchev–Trinajstić information content (AvgIpc) is 2.80. The molecule has 3 aromatic rings. The van der Waals surface area contributed by atoms with Crippen LogP contribution < -0.4 is 0 Å². The van der Waals surface area contributed by atoms with Crippen LogP contribution in [0.1, 0.15) is 5.56 Å². The Bertz CT molecular complexity index is 586. The molecular weight excluding hydrogens is 248 g/mol.